The van der Waals surface area contributed by atoms with Gasteiger partial charge in [0.1, 0.15) is 0 Å². The number of aliphatic hydroxyl groups excluding tert-OH is 1. The van der Waals surface area contributed by atoms with Crippen LogP contribution in [0.1, 0.15) is 46.0 Å². The number of aliphatic hydroxyl groups is 1. The molecular formula is C12H23NO. The summed E-state index contributed by atoms with van der Waals surface area (Å²) in [4.78, 5) is 0. The van der Waals surface area contributed by atoms with Crippen LogP contribution >= 0.6 is 0 Å². The highest BCUT2D eigenvalue weighted by atomic mass is 16.3. The number of hydrogen-bond donors (Lipinski definition) is 2. The Bertz CT molecular complexity index is 206. The van der Waals surface area contributed by atoms with E-state index in [1.165, 1.54) is 32.1 Å². The summed E-state index contributed by atoms with van der Waals surface area (Å²) in [5, 5.41) is 13.2. The van der Waals surface area contributed by atoms with Crippen LogP contribution in [0.25, 0.3) is 0 Å². The van der Waals surface area contributed by atoms with Gasteiger partial charge in [0.2, 0.25) is 0 Å². The van der Waals surface area contributed by atoms with E-state index in [2.05, 4.69) is 19.2 Å². The first kappa shape index (κ1) is 10.4. The molecule has 2 aliphatic carbocycles. The quantitative estimate of drug-likeness (QED) is 0.724. The van der Waals surface area contributed by atoms with Gasteiger partial charge in [-0.15, -0.1) is 0 Å². The Morgan fingerprint density at radius 1 is 1.36 bits per heavy atom. The molecule has 0 aromatic rings. The molecule has 0 aromatic carbocycles. The molecule has 4 atom stereocenters. The van der Waals surface area contributed by atoms with E-state index in [0.29, 0.717) is 12.6 Å². The van der Waals surface area contributed by atoms with Crippen molar-refractivity contribution >= 4 is 0 Å². The zero-order chi connectivity index (χ0) is 10.2. The van der Waals surface area contributed by atoms with Crippen LogP contribution in [-0.4, -0.2) is 23.8 Å². The van der Waals surface area contributed by atoms with E-state index >= 15 is 0 Å². The van der Waals surface area contributed by atoms with Crippen molar-refractivity contribution in [1.29, 1.82) is 0 Å². The Morgan fingerprint density at radius 2 is 2.14 bits per heavy atom. The second-order valence-corrected chi connectivity index (χ2v) is 5.58. The topological polar surface area (TPSA) is 32.3 Å². The van der Waals surface area contributed by atoms with E-state index in [1.54, 1.807) is 0 Å². The predicted molar refractivity (Wildman–Crippen MR) is 58.2 cm³/mol. The van der Waals surface area contributed by atoms with Gasteiger partial charge in [-0.2, -0.15) is 0 Å². The van der Waals surface area contributed by atoms with Gasteiger partial charge in [-0.1, -0.05) is 20.3 Å². The highest BCUT2D eigenvalue weighted by molar-refractivity contribution is 4.97. The van der Waals surface area contributed by atoms with Crippen molar-refractivity contribution in [3.63, 3.8) is 0 Å². The van der Waals surface area contributed by atoms with Crippen LogP contribution in [0.15, 0.2) is 0 Å². The van der Waals surface area contributed by atoms with Crippen molar-refractivity contribution in [1.82, 2.24) is 5.32 Å². The summed E-state index contributed by atoms with van der Waals surface area (Å²) >= 11 is 0. The van der Waals surface area contributed by atoms with E-state index < -0.39 is 0 Å². The summed E-state index contributed by atoms with van der Waals surface area (Å²) in [5.41, 5.74) is 0.148. The van der Waals surface area contributed by atoms with Crippen molar-refractivity contribution < 1.29 is 5.11 Å². The van der Waals surface area contributed by atoms with E-state index in [9.17, 15) is 5.11 Å². The first-order valence-corrected chi connectivity index (χ1v) is 6.02. The summed E-state index contributed by atoms with van der Waals surface area (Å²) in [6.45, 7) is 4.89. The minimum Gasteiger partial charge on any atom is -0.396 e. The van der Waals surface area contributed by atoms with Crippen molar-refractivity contribution in [2.45, 2.75) is 58.0 Å². The van der Waals surface area contributed by atoms with Gasteiger partial charge in [0.05, 0.1) is 0 Å². The molecule has 0 bridgehead atoms. The van der Waals surface area contributed by atoms with Crippen LogP contribution in [0.5, 0.6) is 0 Å². The molecule has 0 saturated heterocycles. The molecule has 2 N–H and O–H groups in total. The second-order valence-electron chi connectivity index (χ2n) is 5.58. The zero-order valence-corrected chi connectivity index (χ0v) is 9.42. The predicted octanol–water partition coefficient (Wildman–Crippen LogP) is 1.93. The largest absolute Gasteiger partial charge is 0.396 e. The van der Waals surface area contributed by atoms with Crippen molar-refractivity contribution in [3.05, 3.63) is 0 Å². The molecule has 0 spiro atoms. The lowest BCUT2D eigenvalue weighted by molar-refractivity contribution is 0.0942. The molecule has 0 aromatic heterocycles. The summed E-state index contributed by atoms with van der Waals surface area (Å²) < 4.78 is 0. The third-order valence-electron chi connectivity index (χ3n) is 4.48. The number of nitrogens with one attached hydrogen (secondary N) is 1. The van der Waals surface area contributed by atoms with Gasteiger partial charge in [0, 0.05) is 24.1 Å². The normalized spacial score (nSPS) is 47.8. The van der Waals surface area contributed by atoms with Gasteiger partial charge in [0.25, 0.3) is 0 Å². The summed E-state index contributed by atoms with van der Waals surface area (Å²) in [5.74, 6) is 0.846. The molecule has 82 valence electrons. The van der Waals surface area contributed by atoms with Crippen molar-refractivity contribution in [2.24, 2.45) is 11.3 Å². The molecule has 4 unspecified atom stereocenters. The zero-order valence-electron chi connectivity index (χ0n) is 9.42. The monoisotopic (exact) mass is 197 g/mol. The molecule has 0 heterocycles. The van der Waals surface area contributed by atoms with Gasteiger partial charge in [-0.25, -0.2) is 0 Å². The summed E-state index contributed by atoms with van der Waals surface area (Å²) in [6, 6.07) is 1.28. The lowest BCUT2D eigenvalue weighted by atomic mass is 9.78. The molecule has 0 radical (unpaired) electrons. The molecule has 14 heavy (non-hydrogen) atoms. The van der Waals surface area contributed by atoms with Gasteiger partial charge >= 0.3 is 0 Å². The maximum atomic E-state index is 9.43. The minimum atomic E-state index is 0.148. The Hall–Kier alpha value is -0.0800. The van der Waals surface area contributed by atoms with Crippen LogP contribution in [-0.2, 0) is 0 Å². The number of hydrogen-bond acceptors (Lipinski definition) is 2. The minimum absolute atomic E-state index is 0.148. The van der Waals surface area contributed by atoms with Gasteiger partial charge in [0.15, 0.2) is 0 Å². The highest BCUT2D eigenvalue weighted by Gasteiger charge is 2.40. The Morgan fingerprint density at radius 3 is 2.64 bits per heavy atom. The molecule has 2 heteroatoms. The Kier molecular flexibility index (Phi) is 2.85. The first-order valence-electron chi connectivity index (χ1n) is 6.02. The molecule has 0 amide bonds. The average molecular weight is 197 g/mol. The van der Waals surface area contributed by atoms with E-state index in [1.807, 2.05) is 0 Å². The third kappa shape index (κ3) is 1.70. The SMILES string of the molecule is CC1CCC1NC1CCCC1(C)CO. The van der Waals surface area contributed by atoms with Gasteiger partial charge < -0.3 is 10.4 Å². The fourth-order valence-electron chi connectivity index (χ4n) is 2.88. The second kappa shape index (κ2) is 3.82. The standard InChI is InChI=1S/C12H23NO/c1-9-5-6-10(9)13-11-4-3-7-12(11,2)8-14/h9-11,13-14H,3-8H2,1-2H3. The third-order valence-corrected chi connectivity index (χ3v) is 4.48. The van der Waals surface area contributed by atoms with Crippen LogP contribution in [0, 0.1) is 11.3 Å². The van der Waals surface area contributed by atoms with Gasteiger partial charge in [-0.05, 0) is 31.6 Å². The van der Waals surface area contributed by atoms with Crippen molar-refractivity contribution in [2.75, 3.05) is 6.61 Å². The van der Waals surface area contributed by atoms with Crippen LogP contribution in [0.3, 0.4) is 0 Å². The lowest BCUT2D eigenvalue weighted by Gasteiger charge is -2.41. The number of rotatable bonds is 3. The molecule has 2 aliphatic rings. The molecule has 2 saturated carbocycles. The Labute approximate surface area is 87.1 Å². The molecule has 2 rings (SSSR count). The van der Waals surface area contributed by atoms with Crippen molar-refractivity contribution in [3.8, 4) is 0 Å². The maximum Gasteiger partial charge on any atom is 0.0499 e. The van der Waals surface area contributed by atoms with E-state index in [0.717, 1.165) is 12.0 Å². The highest BCUT2D eigenvalue weighted by Crippen LogP contribution is 2.39. The average Bonchev–Trinajstić information content (AvgIpc) is 2.55. The molecule has 2 fully saturated rings. The van der Waals surface area contributed by atoms with E-state index in [-0.39, 0.29) is 5.41 Å². The van der Waals surface area contributed by atoms with E-state index in [4.69, 9.17) is 0 Å². The summed E-state index contributed by atoms with van der Waals surface area (Å²) in [6.07, 6.45) is 6.41. The molecular weight excluding hydrogens is 174 g/mol. The van der Waals surface area contributed by atoms with Crippen LogP contribution < -0.4 is 5.32 Å². The Balaban J connectivity index is 1.90. The lowest BCUT2D eigenvalue weighted by Crippen LogP contribution is -2.52. The fraction of sp³-hybridized carbons (Fsp3) is 1.00. The van der Waals surface area contributed by atoms with Crippen LogP contribution in [0.4, 0.5) is 0 Å². The van der Waals surface area contributed by atoms with Crippen LogP contribution in [0.2, 0.25) is 0 Å². The molecule has 0 aliphatic heterocycles. The van der Waals surface area contributed by atoms with Gasteiger partial charge in [-0.3, -0.25) is 0 Å². The smallest absolute Gasteiger partial charge is 0.0499 e. The molecule has 2 nitrogen and oxygen atoms in total. The maximum absolute atomic E-state index is 9.43. The fourth-order valence-corrected chi connectivity index (χ4v) is 2.88. The first-order chi connectivity index (χ1) is 6.65. The summed E-state index contributed by atoms with van der Waals surface area (Å²) in [7, 11) is 0.